The Kier molecular flexibility index (Phi) is 6.82. The molecule has 5 nitrogen and oxygen atoms in total. The average Bonchev–Trinajstić information content (AvgIpc) is 3.04. The number of ketones is 1. The lowest BCUT2D eigenvalue weighted by Crippen LogP contribution is -2.26. The molecule has 0 atom stereocenters. The number of benzene rings is 2. The molecular formula is C22H24ClN3O2. The summed E-state index contributed by atoms with van der Waals surface area (Å²) >= 11 is 5.83. The molecular weight excluding hydrogens is 374 g/mol. The van der Waals surface area contributed by atoms with Crippen LogP contribution in [0.4, 0.5) is 0 Å². The molecule has 1 amide bonds. The summed E-state index contributed by atoms with van der Waals surface area (Å²) in [4.78, 5) is 28.9. The fourth-order valence-corrected chi connectivity index (χ4v) is 3.32. The fourth-order valence-electron chi connectivity index (χ4n) is 3.20. The van der Waals surface area contributed by atoms with E-state index in [9.17, 15) is 9.59 Å². The first-order chi connectivity index (χ1) is 13.6. The third kappa shape index (κ3) is 4.98. The largest absolute Gasteiger partial charge is 0.356 e. The Hall–Kier alpha value is -2.66. The van der Waals surface area contributed by atoms with Gasteiger partial charge in [0.25, 0.3) is 0 Å². The molecule has 6 heteroatoms. The summed E-state index contributed by atoms with van der Waals surface area (Å²) in [6.45, 7) is 3.54. The zero-order valence-corrected chi connectivity index (χ0v) is 16.7. The van der Waals surface area contributed by atoms with Crippen LogP contribution in [0.1, 0.15) is 42.4 Å². The van der Waals surface area contributed by atoms with Gasteiger partial charge >= 0.3 is 0 Å². The summed E-state index contributed by atoms with van der Waals surface area (Å²) in [5.74, 6) is 0.789. The highest BCUT2D eigenvalue weighted by Crippen LogP contribution is 2.17. The van der Waals surface area contributed by atoms with Crippen LogP contribution in [0, 0.1) is 0 Å². The van der Waals surface area contributed by atoms with Gasteiger partial charge in [0, 0.05) is 42.9 Å². The van der Waals surface area contributed by atoms with E-state index in [0.29, 0.717) is 23.6 Å². The highest BCUT2D eigenvalue weighted by atomic mass is 35.5. The molecule has 0 aliphatic rings. The van der Waals surface area contributed by atoms with Crippen LogP contribution in [0.2, 0.25) is 5.02 Å². The first-order valence-corrected chi connectivity index (χ1v) is 9.96. The van der Waals surface area contributed by atoms with Crippen molar-refractivity contribution in [3.8, 4) is 0 Å². The molecule has 0 radical (unpaired) electrons. The molecule has 0 aliphatic heterocycles. The minimum absolute atomic E-state index is 0.0587. The summed E-state index contributed by atoms with van der Waals surface area (Å²) in [7, 11) is 0. The zero-order valence-electron chi connectivity index (χ0n) is 16.0. The van der Waals surface area contributed by atoms with Crippen LogP contribution in [0.15, 0.2) is 48.5 Å². The molecule has 0 saturated carbocycles. The van der Waals surface area contributed by atoms with Gasteiger partial charge in [-0.15, -0.1) is 0 Å². The second-order valence-electron chi connectivity index (χ2n) is 6.70. The van der Waals surface area contributed by atoms with Crippen molar-refractivity contribution in [1.29, 1.82) is 0 Å². The number of carbonyl (C=O) groups excluding carboxylic acids is 2. The second kappa shape index (κ2) is 9.51. The van der Waals surface area contributed by atoms with Gasteiger partial charge in [-0.05, 0) is 42.8 Å². The Morgan fingerprint density at radius 2 is 1.82 bits per heavy atom. The Labute approximate surface area is 169 Å². The number of rotatable bonds is 9. The van der Waals surface area contributed by atoms with Crippen molar-refractivity contribution in [2.24, 2.45) is 0 Å². The van der Waals surface area contributed by atoms with Crippen molar-refractivity contribution in [2.45, 2.75) is 39.2 Å². The lowest BCUT2D eigenvalue weighted by Gasteiger charge is -2.09. The van der Waals surface area contributed by atoms with Crippen molar-refractivity contribution in [3.05, 3.63) is 64.9 Å². The van der Waals surface area contributed by atoms with Crippen LogP contribution in [-0.4, -0.2) is 27.8 Å². The van der Waals surface area contributed by atoms with Gasteiger partial charge in [-0.25, -0.2) is 4.98 Å². The number of fused-ring (bicyclic) bond motifs is 1. The molecule has 1 N–H and O–H groups in total. The number of hydrogen-bond acceptors (Lipinski definition) is 3. The molecule has 3 aromatic rings. The Morgan fingerprint density at radius 1 is 1.07 bits per heavy atom. The molecule has 0 bridgehead atoms. The molecule has 0 aliphatic carbocycles. The Morgan fingerprint density at radius 3 is 2.57 bits per heavy atom. The van der Waals surface area contributed by atoms with Gasteiger partial charge in [-0.2, -0.15) is 0 Å². The number of halogens is 1. The van der Waals surface area contributed by atoms with E-state index in [1.165, 1.54) is 0 Å². The molecule has 1 heterocycles. The van der Waals surface area contributed by atoms with E-state index >= 15 is 0 Å². The molecule has 146 valence electrons. The predicted octanol–water partition coefficient (Wildman–Crippen LogP) is 4.42. The van der Waals surface area contributed by atoms with E-state index in [-0.39, 0.29) is 24.5 Å². The lowest BCUT2D eigenvalue weighted by atomic mass is 10.1. The number of amides is 1. The van der Waals surface area contributed by atoms with Crippen molar-refractivity contribution in [2.75, 3.05) is 6.54 Å². The van der Waals surface area contributed by atoms with Crippen molar-refractivity contribution >= 4 is 34.3 Å². The molecule has 28 heavy (non-hydrogen) atoms. The van der Waals surface area contributed by atoms with Crippen LogP contribution in [0.5, 0.6) is 0 Å². The quantitative estimate of drug-likeness (QED) is 0.543. The number of hydrogen-bond donors (Lipinski definition) is 1. The second-order valence-corrected chi connectivity index (χ2v) is 7.13. The molecule has 0 spiro atoms. The average molecular weight is 398 g/mol. The van der Waals surface area contributed by atoms with E-state index in [2.05, 4.69) is 22.9 Å². The van der Waals surface area contributed by atoms with Crippen LogP contribution in [0.3, 0.4) is 0 Å². The number of nitrogens with one attached hydrogen (secondary N) is 1. The maximum atomic E-state index is 12.1. The Bertz CT molecular complexity index is 964. The third-order valence-corrected chi connectivity index (χ3v) is 4.85. The van der Waals surface area contributed by atoms with Gasteiger partial charge in [0.05, 0.1) is 11.0 Å². The highest BCUT2D eigenvalue weighted by Gasteiger charge is 2.12. The fraction of sp³-hybridized carbons (Fsp3) is 0.318. The standard InChI is InChI=1S/C22H24ClN3O2/c1-2-15-26-19-6-4-3-5-18(19)25-21(26)13-14-24-22(28)12-11-20(27)16-7-9-17(23)10-8-16/h3-10H,2,11-15H2,1H3,(H,24,28). The number of aromatic nitrogens is 2. The van der Waals surface area contributed by atoms with Crippen LogP contribution in [0.25, 0.3) is 11.0 Å². The summed E-state index contributed by atoms with van der Waals surface area (Å²) < 4.78 is 2.21. The zero-order chi connectivity index (χ0) is 19.9. The van der Waals surface area contributed by atoms with E-state index in [1.54, 1.807) is 24.3 Å². The first kappa shape index (κ1) is 20.1. The van der Waals surface area contributed by atoms with Crippen LogP contribution < -0.4 is 5.32 Å². The van der Waals surface area contributed by atoms with Crippen LogP contribution in [-0.2, 0) is 17.8 Å². The number of Topliss-reactive ketones (excluding diaryl/α,β-unsaturated/α-hetero) is 1. The molecule has 2 aromatic carbocycles. The first-order valence-electron chi connectivity index (χ1n) is 9.58. The lowest BCUT2D eigenvalue weighted by molar-refractivity contribution is -0.121. The van der Waals surface area contributed by atoms with Gasteiger partial charge in [0.2, 0.25) is 5.91 Å². The number of carbonyl (C=O) groups is 2. The number of aryl methyl sites for hydroxylation is 1. The maximum Gasteiger partial charge on any atom is 0.220 e. The molecule has 1 aromatic heterocycles. The SMILES string of the molecule is CCCn1c(CCNC(=O)CCC(=O)c2ccc(Cl)cc2)nc2ccccc21. The van der Waals surface area contributed by atoms with Gasteiger partial charge < -0.3 is 9.88 Å². The Balaban J connectivity index is 1.50. The van der Waals surface area contributed by atoms with E-state index in [0.717, 1.165) is 29.8 Å². The summed E-state index contributed by atoms with van der Waals surface area (Å²) in [5, 5.41) is 3.48. The normalized spacial score (nSPS) is 10.9. The number of nitrogens with zero attached hydrogens (tertiary/aromatic N) is 2. The molecule has 3 rings (SSSR count). The molecule has 0 saturated heterocycles. The van der Waals surface area contributed by atoms with E-state index in [1.807, 2.05) is 18.2 Å². The molecule has 0 unspecified atom stereocenters. The smallest absolute Gasteiger partial charge is 0.220 e. The summed E-state index contributed by atoms with van der Waals surface area (Å²) in [6.07, 6.45) is 2.03. The summed E-state index contributed by atoms with van der Waals surface area (Å²) in [5.41, 5.74) is 2.68. The van der Waals surface area contributed by atoms with Gasteiger partial charge in [0.15, 0.2) is 5.78 Å². The summed E-state index contributed by atoms with van der Waals surface area (Å²) in [6, 6.07) is 14.8. The monoisotopic (exact) mass is 397 g/mol. The van der Waals surface area contributed by atoms with Crippen molar-refractivity contribution < 1.29 is 9.59 Å². The van der Waals surface area contributed by atoms with E-state index < -0.39 is 0 Å². The van der Waals surface area contributed by atoms with Gasteiger partial charge in [0.1, 0.15) is 5.82 Å². The third-order valence-electron chi connectivity index (χ3n) is 4.60. The predicted molar refractivity (Wildman–Crippen MR) is 112 cm³/mol. The number of imidazole rings is 1. The molecule has 0 fully saturated rings. The maximum absolute atomic E-state index is 12.1. The van der Waals surface area contributed by atoms with Crippen molar-refractivity contribution in [1.82, 2.24) is 14.9 Å². The topological polar surface area (TPSA) is 64.0 Å². The van der Waals surface area contributed by atoms with Crippen molar-refractivity contribution in [3.63, 3.8) is 0 Å². The van der Waals surface area contributed by atoms with Crippen LogP contribution >= 0.6 is 11.6 Å². The highest BCUT2D eigenvalue weighted by molar-refractivity contribution is 6.30. The van der Waals surface area contributed by atoms with Gasteiger partial charge in [-0.1, -0.05) is 30.7 Å². The number of para-hydroxylation sites is 2. The minimum atomic E-state index is -0.125. The minimum Gasteiger partial charge on any atom is -0.356 e. The van der Waals surface area contributed by atoms with E-state index in [4.69, 9.17) is 16.6 Å². The van der Waals surface area contributed by atoms with Gasteiger partial charge in [-0.3, -0.25) is 9.59 Å².